The van der Waals surface area contributed by atoms with Crippen molar-refractivity contribution in [2.75, 3.05) is 13.9 Å². The molecule has 0 aliphatic heterocycles. The minimum Gasteiger partial charge on any atom is -0.385 e. The second-order valence-corrected chi connectivity index (χ2v) is 8.24. The number of rotatable bonds is 4. The summed E-state index contributed by atoms with van der Waals surface area (Å²) >= 11 is 6.04. The van der Waals surface area contributed by atoms with Gasteiger partial charge in [-0.1, -0.05) is 11.6 Å². The molecule has 0 spiro atoms. The van der Waals surface area contributed by atoms with E-state index in [2.05, 4.69) is 0 Å². The van der Waals surface area contributed by atoms with Crippen molar-refractivity contribution in [3.05, 3.63) is 68.2 Å². The number of nitriles is 1. The minimum absolute atomic E-state index is 0.0102. The zero-order chi connectivity index (χ0) is 23.4. The van der Waals surface area contributed by atoms with Gasteiger partial charge in [0.25, 0.3) is 5.92 Å². The first-order valence-corrected chi connectivity index (χ1v) is 10.0. The lowest BCUT2D eigenvalue weighted by Gasteiger charge is -2.34. The third-order valence-corrected chi connectivity index (χ3v) is 6.34. The van der Waals surface area contributed by atoms with Crippen LogP contribution in [-0.4, -0.2) is 31.1 Å². The number of nitrogens with zero attached hydrogens (tertiary/aromatic N) is 1. The lowest BCUT2D eigenvalue weighted by Crippen LogP contribution is -2.27. The molecule has 0 radical (unpaired) electrons. The van der Waals surface area contributed by atoms with E-state index in [-0.39, 0.29) is 33.4 Å². The molecule has 4 rings (SSSR count). The Hall–Kier alpha value is -2.25. The van der Waals surface area contributed by atoms with Crippen molar-refractivity contribution in [1.29, 1.82) is 5.26 Å². The summed E-state index contributed by atoms with van der Waals surface area (Å²) in [5, 5.41) is 19.2. The third-order valence-electron chi connectivity index (χ3n) is 5.96. The zero-order valence-electron chi connectivity index (χ0n) is 16.6. The number of aliphatic hydroxyl groups excluding tert-OH is 1. The maximum atomic E-state index is 14.8. The Kier molecular flexibility index (Phi) is 5.92. The van der Waals surface area contributed by atoms with Crippen LogP contribution in [0.5, 0.6) is 0 Å². The molecular weight excluding hydrogens is 457 g/mol. The zero-order valence-corrected chi connectivity index (χ0v) is 17.4. The second-order valence-electron chi connectivity index (χ2n) is 7.86. The molecule has 1 N–H and O–H groups in total. The van der Waals surface area contributed by atoms with Crippen molar-refractivity contribution >= 4 is 11.6 Å². The van der Waals surface area contributed by atoms with Crippen LogP contribution in [0.2, 0.25) is 5.02 Å². The SMILES string of the molecule is COCO[C@H]1c2c(Cl)c(F)cc([C@H]3C[C@H](F)[C@H](O)c4cc(F)cc(C#N)c43)c2CC1(F)F. The number of fused-ring (bicyclic) bond motifs is 2. The molecule has 0 amide bonds. The maximum Gasteiger partial charge on any atom is 0.282 e. The predicted octanol–water partition coefficient (Wildman–Crippen LogP) is 5.25. The van der Waals surface area contributed by atoms with Crippen molar-refractivity contribution in [2.24, 2.45) is 0 Å². The van der Waals surface area contributed by atoms with Gasteiger partial charge in [-0.25, -0.2) is 22.0 Å². The Labute approximate surface area is 185 Å². The largest absolute Gasteiger partial charge is 0.385 e. The van der Waals surface area contributed by atoms with Crippen molar-refractivity contribution in [1.82, 2.24) is 0 Å². The molecule has 0 saturated heterocycles. The van der Waals surface area contributed by atoms with Crippen LogP contribution in [0.25, 0.3) is 0 Å². The molecule has 2 aliphatic carbocycles. The molecule has 2 aromatic carbocycles. The Bertz CT molecular complexity index is 1120. The Morgan fingerprint density at radius 1 is 1.22 bits per heavy atom. The fourth-order valence-electron chi connectivity index (χ4n) is 4.68. The summed E-state index contributed by atoms with van der Waals surface area (Å²) in [5.74, 6) is -6.43. The summed E-state index contributed by atoms with van der Waals surface area (Å²) in [5.41, 5.74) is -0.612. The molecule has 170 valence electrons. The van der Waals surface area contributed by atoms with Gasteiger partial charge in [-0.15, -0.1) is 0 Å². The summed E-state index contributed by atoms with van der Waals surface area (Å²) in [7, 11) is 1.24. The van der Waals surface area contributed by atoms with E-state index >= 15 is 0 Å². The third kappa shape index (κ3) is 3.55. The maximum absolute atomic E-state index is 14.8. The van der Waals surface area contributed by atoms with Crippen molar-refractivity contribution in [3.63, 3.8) is 0 Å². The van der Waals surface area contributed by atoms with Crippen LogP contribution >= 0.6 is 11.6 Å². The Morgan fingerprint density at radius 3 is 2.59 bits per heavy atom. The fraction of sp³-hybridized carbons (Fsp3) is 0.409. The van der Waals surface area contributed by atoms with E-state index in [0.717, 1.165) is 18.2 Å². The highest BCUT2D eigenvalue weighted by atomic mass is 35.5. The summed E-state index contributed by atoms with van der Waals surface area (Å²) in [6.45, 7) is -0.495. The summed E-state index contributed by atoms with van der Waals surface area (Å²) < 4.78 is 83.0. The number of aliphatic hydroxyl groups is 1. The van der Waals surface area contributed by atoms with Gasteiger partial charge in [0, 0.05) is 25.0 Å². The van der Waals surface area contributed by atoms with Gasteiger partial charge < -0.3 is 14.6 Å². The Morgan fingerprint density at radius 2 is 1.94 bits per heavy atom. The number of hydrogen-bond acceptors (Lipinski definition) is 4. The summed E-state index contributed by atoms with van der Waals surface area (Å²) in [6, 6.07) is 4.52. The van der Waals surface area contributed by atoms with Crippen LogP contribution < -0.4 is 0 Å². The van der Waals surface area contributed by atoms with Gasteiger partial charge in [-0.2, -0.15) is 5.26 Å². The molecule has 2 aliphatic rings. The van der Waals surface area contributed by atoms with Crippen molar-refractivity contribution in [2.45, 2.75) is 43.1 Å². The average Bonchev–Trinajstić information content (AvgIpc) is 3.01. The van der Waals surface area contributed by atoms with E-state index < -0.39 is 66.5 Å². The van der Waals surface area contributed by atoms with E-state index in [1.54, 1.807) is 6.07 Å². The molecule has 4 atom stereocenters. The van der Waals surface area contributed by atoms with Crippen LogP contribution in [0, 0.1) is 23.0 Å². The number of halogens is 6. The summed E-state index contributed by atoms with van der Waals surface area (Å²) in [6.07, 6.45) is -6.78. The molecule has 0 heterocycles. The van der Waals surface area contributed by atoms with Gasteiger partial charge in [0.2, 0.25) is 0 Å². The number of methoxy groups -OCH3 is 1. The fourth-order valence-corrected chi connectivity index (χ4v) is 4.95. The lowest BCUT2D eigenvalue weighted by molar-refractivity contribution is -0.169. The number of benzene rings is 2. The highest BCUT2D eigenvalue weighted by molar-refractivity contribution is 6.31. The van der Waals surface area contributed by atoms with Crippen LogP contribution in [-0.2, 0) is 15.9 Å². The van der Waals surface area contributed by atoms with E-state index in [0.29, 0.717) is 0 Å². The van der Waals surface area contributed by atoms with Crippen LogP contribution in [0.3, 0.4) is 0 Å². The summed E-state index contributed by atoms with van der Waals surface area (Å²) in [4.78, 5) is 0. The van der Waals surface area contributed by atoms with Gasteiger partial charge >= 0.3 is 0 Å². The van der Waals surface area contributed by atoms with Gasteiger partial charge in [0.15, 0.2) is 6.10 Å². The molecule has 0 unspecified atom stereocenters. The van der Waals surface area contributed by atoms with Crippen LogP contribution in [0.15, 0.2) is 18.2 Å². The molecule has 10 heteroatoms. The average molecular weight is 474 g/mol. The van der Waals surface area contributed by atoms with E-state index in [4.69, 9.17) is 21.1 Å². The number of hydrogen-bond donors (Lipinski definition) is 1. The lowest BCUT2D eigenvalue weighted by atomic mass is 9.73. The second kappa shape index (κ2) is 8.27. The smallest absolute Gasteiger partial charge is 0.282 e. The first kappa shape index (κ1) is 22.9. The predicted molar refractivity (Wildman–Crippen MR) is 103 cm³/mol. The van der Waals surface area contributed by atoms with E-state index in [1.165, 1.54) is 7.11 Å². The molecule has 0 bridgehead atoms. The van der Waals surface area contributed by atoms with Gasteiger partial charge in [0.05, 0.1) is 16.7 Å². The first-order valence-electron chi connectivity index (χ1n) is 9.65. The van der Waals surface area contributed by atoms with E-state index in [9.17, 15) is 32.3 Å². The standard InChI is InChI=1S/C22H17ClF5NO3/c1-31-8-32-21-18-14(6-22(21,27)28)11(4-15(25)19(18)23)12-5-16(26)20(30)13-3-10(24)2-9(7-29)17(12)13/h2-4,12,16,20-21,30H,5-6,8H2,1H3/t12-,16+,20-,21+/m1/s1. The van der Waals surface area contributed by atoms with Gasteiger partial charge in [0.1, 0.15) is 30.7 Å². The van der Waals surface area contributed by atoms with Gasteiger partial charge in [-0.05, 0) is 46.9 Å². The number of ether oxygens (including phenoxy) is 2. The molecule has 32 heavy (non-hydrogen) atoms. The molecule has 0 saturated carbocycles. The first-order chi connectivity index (χ1) is 15.1. The van der Waals surface area contributed by atoms with Crippen LogP contribution in [0.1, 0.15) is 57.9 Å². The normalized spacial score (nSPS) is 25.8. The number of alkyl halides is 3. The topological polar surface area (TPSA) is 62.5 Å². The minimum atomic E-state index is -3.46. The van der Waals surface area contributed by atoms with Crippen molar-refractivity contribution < 1.29 is 36.5 Å². The van der Waals surface area contributed by atoms with Gasteiger partial charge in [-0.3, -0.25) is 0 Å². The molecule has 4 nitrogen and oxygen atoms in total. The van der Waals surface area contributed by atoms with Crippen molar-refractivity contribution in [3.8, 4) is 6.07 Å². The van der Waals surface area contributed by atoms with E-state index in [1.807, 2.05) is 0 Å². The highest BCUT2D eigenvalue weighted by Crippen LogP contribution is 2.54. The highest BCUT2D eigenvalue weighted by Gasteiger charge is 2.52. The van der Waals surface area contributed by atoms with Crippen LogP contribution in [0.4, 0.5) is 22.0 Å². The quantitative estimate of drug-likeness (QED) is 0.486. The monoisotopic (exact) mass is 473 g/mol. The molecular formula is C22H17ClF5NO3. The molecule has 0 fully saturated rings. The molecule has 2 aromatic rings. The Balaban J connectivity index is 1.96. The molecule has 0 aromatic heterocycles.